The highest BCUT2D eigenvalue weighted by Gasteiger charge is 2.28. The van der Waals surface area contributed by atoms with Crippen molar-refractivity contribution >= 4 is 5.91 Å². The SMILES string of the molecule is Cc1cccc(OCC(=O)NCC(F)(F)CO)c1C. The minimum atomic E-state index is -3.31. The van der Waals surface area contributed by atoms with Crippen molar-refractivity contribution in [3.05, 3.63) is 29.3 Å². The second-order valence-corrected chi connectivity index (χ2v) is 4.28. The molecule has 4 nitrogen and oxygen atoms in total. The minimum absolute atomic E-state index is 0.341. The first-order chi connectivity index (χ1) is 8.85. The zero-order chi connectivity index (χ0) is 14.5. The zero-order valence-corrected chi connectivity index (χ0v) is 10.9. The molecule has 0 aliphatic carbocycles. The lowest BCUT2D eigenvalue weighted by Gasteiger charge is -2.15. The maximum atomic E-state index is 12.7. The van der Waals surface area contributed by atoms with Gasteiger partial charge < -0.3 is 15.2 Å². The first-order valence-electron chi connectivity index (χ1n) is 5.80. The van der Waals surface area contributed by atoms with Gasteiger partial charge in [0.2, 0.25) is 0 Å². The fourth-order valence-electron chi connectivity index (χ4n) is 1.36. The van der Waals surface area contributed by atoms with Crippen LogP contribution in [0.4, 0.5) is 8.78 Å². The molecular formula is C13H17F2NO3. The van der Waals surface area contributed by atoms with Crippen molar-refractivity contribution in [1.29, 1.82) is 0 Å². The molecule has 19 heavy (non-hydrogen) atoms. The summed E-state index contributed by atoms with van der Waals surface area (Å²) in [5, 5.41) is 10.4. The molecule has 2 N–H and O–H groups in total. The van der Waals surface area contributed by atoms with E-state index in [2.05, 4.69) is 0 Å². The summed E-state index contributed by atoms with van der Waals surface area (Å²) in [6.45, 7) is 1.21. The molecule has 0 saturated heterocycles. The number of carbonyl (C=O) groups is 1. The van der Waals surface area contributed by atoms with Crippen LogP contribution >= 0.6 is 0 Å². The van der Waals surface area contributed by atoms with Gasteiger partial charge in [-0.2, -0.15) is 0 Å². The van der Waals surface area contributed by atoms with E-state index in [1.165, 1.54) is 0 Å². The van der Waals surface area contributed by atoms with E-state index in [1.54, 1.807) is 12.1 Å². The van der Waals surface area contributed by atoms with E-state index in [0.29, 0.717) is 5.75 Å². The summed E-state index contributed by atoms with van der Waals surface area (Å²) >= 11 is 0. The van der Waals surface area contributed by atoms with E-state index in [9.17, 15) is 13.6 Å². The average Bonchev–Trinajstić information content (AvgIpc) is 2.38. The van der Waals surface area contributed by atoms with Crippen LogP contribution in [-0.4, -0.2) is 36.7 Å². The number of hydrogen-bond donors (Lipinski definition) is 2. The number of rotatable bonds is 6. The average molecular weight is 273 g/mol. The van der Waals surface area contributed by atoms with Crippen LogP contribution in [0.15, 0.2) is 18.2 Å². The number of carbonyl (C=O) groups excluding carboxylic acids is 1. The van der Waals surface area contributed by atoms with Gasteiger partial charge in [0.15, 0.2) is 6.61 Å². The van der Waals surface area contributed by atoms with Crippen LogP contribution in [0.25, 0.3) is 0 Å². The lowest BCUT2D eigenvalue weighted by Crippen LogP contribution is -2.40. The molecule has 0 atom stereocenters. The molecular weight excluding hydrogens is 256 g/mol. The zero-order valence-electron chi connectivity index (χ0n) is 10.9. The predicted octanol–water partition coefficient (Wildman–Crippen LogP) is 1.43. The summed E-state index contributed by atoms with van der Waals surface area (Å²) in [5.74, 6) is -3.42. The Labute approximate surface area is 110 Å². The van der Waals surface area contributed by atoms with Gasteiger partial charge >= 0.3 is 0 Å². The van der Waals surface area contributed by atoms with Crippen molar-refractivity contribution in [3.8, 4) is 5.75 Å². The maximum absolute atomic E-state index is 12.7. The van der Waals surface area contributed by atoms with Gasteiger partial charge in [0.25, 0.3) is 11.8 Å². The van der Waals surface area contributed by atoms with E-state index < -0.39 is 25.0 Å². The largest absolute Gasteiger partial charge is 0.483 e. The van der Waals surface area contributed by atoms with Crippen LogP contribution in [0, 0.1) is 13.8 Å². The Morgan fingerprint density at radius 2 is 2.11 bits per heavy atom. The Balaban J connectivity index is 2.44. The lowest BCUT2D eigenvalue weighted by atomic mass is 10.1. The number of aryl methyl sites for hydroxylation is 1. The summed E-state index contributed by atoms with van der Waals surface area (Å²) in [6, 6.07) is 5.40. The number of halogens is 2. The molecule has 1 amide bonds. The van der Waals surface area contributed by atoms with Gasteiger partial charge in [0.05, 0.1) is 6.54 Å². The van der Waals surface area contributed by atoms with E-state index in [-0.39, 0.29) is 6.61 Å². The highest BCUT2D eigenvalue weighted by Crippen LogP contribution is 2.20. The van der Waals surface area contributed by atoms with Crippen LogP contribution in [0.1, 0.15) is 11.1 Å². The topological polar surface area (TPSA) is 58.6 Å². The molecule has 0 bridgehead atoms. The van der Waals surface area contributed by atoms with E-state index in [1.807, 2.05) is 25.2 Å². The third-order valence-electron chi connectivity index (χ3n) is 2.69. The van der Waals surface area contributed by atoms with Crippen LogP contribution < -0.4 is 10.1 Å². The molecule has 0 aliphatic rings. The lowest BCUT2D eigenvalue weighted by molar-refractivity contribution is -0.126. The minimum Gasteiger partial charge on any atom is -0.483 e. The third kappa shape index (κ3) is 4.82. The van der Waals surface area contributed by atoms with E-state index in [4.69, 9.17) is 9.84 Å². The van der Waals surface area contributed by atoms with Crippen LogP contribution in [0.5, 0.6) is 5.75 Å². The van der Waals surface area contributed by atoms with Crippen LogP contribution in [0.3, 0.4) is 0 Å². The van der Waals surface area contributed by atoms with Crippen molar-refractivity contribution in [2.45, 2.75) is 19.8 Å². The molecule has 106 valence electrons. The van der Waals surface area contributed by atoms with Gasteiger partial charge in [-0.05, 0) is 31.0 Å². The van der Waals surface area contributed by atoms with Crippen molar-refractivity contribution in [1.82, 2.24) is 5.32 Å². The number of ether oxygens (including phenoxy) is 1. The monoisotopic (exact) mass is 273 g/mol. The second-order valence-electron chi connectivity index (χ2n) is 4.28. The highest BCUT2D eigenvalue weighted by molar-refractivity contribution is 5.77. The fourth-order valence-corrected chi connectivity index (χ4v) is 1.36. The summed E-state index contributed by atoms with van der Waals surface area (Å²) in [5.41, 5.74) is 1.92. The molecule has 0 fully saturated rings. The first-order valence-corrected chi connectivity index (χ1v) is 5.80. The molecule has 1 aromatic rings. The van der Waals surface area contributed by atoms with Crippen molar-refractivity contribution < 1.29 is 23.4 Å². The highest BCUT2D eigenvalue weighted by atomic mass is 19.3. The normalized spacial score (nSPS) is 11.2. The second kappa shape index (κ2) is 6.47. The molecule has 0 saturated carbocycles. The first kappa shape index (κ1) is 15.4. The van der Waals surface area contributed by atoms with Crippen LogP contribution in [-0.2, 0) is 4.79 Å². The van der Waals surface area contributed by atoms with E-state index in [0.717, 1.165) is 11.1 Å². The van der Waals surface area contributed by atoms with E-state index >= 15 is 0 Å². The molecule has 0 radical (unpaired) electrons. The number of aliphatic hydroxyl groups excluding tert-OH is 1. The number of aliphatic hydroxyl groups is 1. The summed E-state index contributed by atoms with van der Waals surface area (Å²) in [4.78, 5) is 11.3. The maximum Gasteiger partial charge on any atom is 0.287 e. The molecule has 1 rings (SSSR count). The fraction of sp³-hybridized carbons (Fsp3) is 0.462. The number of nitrogens with one attached hydrogen (secondary N) is 1. The number of amides is 1. The summed E-state index contributed by atoms with van der Waals surface area (Å²) < 4.78 is 30.6. The van der Waals surface area contributed by atoms with Gasteiger partial charge in [0, 0.05) is 0 Å². The quantitative estimate of drug-likeness (QED) is 0.824. The predicted molar refractivity (Wildman–Crippen MR) is 66.5 cm³/mol. The van der Waals surface area contributed by atoms with Gasteiger partial charge in [-0.25, -0.2) is 8.78 Å². The van der Waals surface area contributed by atoms with Gasteiger partial charge in [-0.15, -0.1) is 0 Å². The van der Waals surface area contributed by atoms with Crippen molar-refractivity contribution in [3.63, 3.8) is 0 Å². The third-order valence-corrected chi connectivity index (χ3v) is 2.69. The smallest absolute Gasteiger partial charge is 0.287 e. The number of alkyl halides is 2. The van der Waals surface area contributed by atoms with Gasteiger partial charge in [-0.1, -0.05) is 12.1 Å². The Morgan fingerprint density at radius 1 is 1.42 bits per heavy atom. The molecule has 0 aliphatic heterocycles. The van der Waals surface area contributed by atoms with Gasteiger partial charge in [-0.3, -0.25) is 4.79 Å². The number of hydrogen-bond acceptors (Lipinski definition) is 3. The molecule has 0 spiro atoms. The Hall–Kier alpha value is -1.69. The Morgan fingerprint density at radius 3 is 2.74 bits per heavy atom. The Kier molecular flexibility index (Phi) is 5.23. The Bertz CT molecular complexity index is 450. The van der Waals surface area contributed by atoms with Gasteiger partial charge in [0.1, 0.15) is 12.4 Å². The molecule has 0 unspecified atom stereocenters. The van der Waals surface area contributed by atoms with Crippen molar-refractivity contribution in [2.24, 2.45) is 0 Å². The van der Waals surface area contributed by atoms with Crippen LogP contribution in [0.2, 0.25) is 0 Å². The standard InChI is InChI=1S/C13H17F2NO3/c1-9-4-3-5-11(10(9)2)19-6-12(18)16-7-13(14,15)8-17/h3-5,17H,6-8H2,1-2H3,(H,16,18). The number of benzene rings is 1. The molecule has 6 heteroatoms. The molecule has 0 heterocycles. The molecule has 0 aromatic heterocycles. The summed E-state index contributed by atoms with van der Waals surface area (Å²) in [6.07, 6.45) is 0. The summed E-state index contributed by atoms with van der Waals surface area (Å²) in [7, 11) is 0. The van der Waals surface area contributed by atoms with Crippen molar-refractivity contribution in [2.75, 3.05) is 19.8 Å². The molecule has 1 aromatic carbocycles.